The fourth-order valence-electron chi connectivity index (χ4n) is 2.79. The lowest BCUT2D eigenvalue weighted by Crippen LogP contribution is -2.37. The minimum absolute atomic E-state index is 0.00885. The van der Waals surface area contributed by atoms with Crippen molar-refractivity contribution < 1.29 is 19.4 Å². The van der Waals surface area contributed by atoms with Gasteiger partial charge in [-0.05, 0) is 50.3 Å². The smallest absolute Gasteiger partial charge is 0.325 e. The molecule has 5 heteroatoms. The Hall–Kier alpha value is -2.04. The number of aliphatic carboxylic acids is 1. The van der Waals surface area contributed by atoms with Crippen LogP contribution < -0.4 is 4.90 Å². The van der Waals surface area contributed by atoms with Crippen molar-refractivity contribution in [1.82, 2.24) is 0 Å². The van der Waals surface area contributed by atoms with Gasteiger partial charge in [0.15, 0.2) is 0 Å². The maximum absolute atomic E-state index is 12.1. The summed E-state index contributed by atoms with van der Waals surface area (Å²) in [6.45, 7) is 1.68. The first-order valence-corrected chi connectivity index (χ1v) is 7.77. The summed E-state index contributed by atoms with van der Waals surface area (Å²) in [5, 5.41) is 9.06. The van der Waals surface area contributed by atoms with Crippen molar-refractivity contribution in [1.29, 1.82) is 0 Å². The molecule has 1 aliphatic rings. The number of hydrogen-bond donors (Lipinski definition) is 1. The van der Waals surface area contributed by atoms with E-state index in [4.69, 9.17) is 9.84 Å². The monoisotopic (exact) mass is 305 g/mol. The summed E-state index contributed by atoms with van der Waals surface area (Å²) in [6.07, 6.45) is 5.20. The van der Waals surface area contributed by atoms with Crippen LogP contribution in [0, 0.1) is 6.92 Å². The van der Waals surface area contributed by atoms with E-state index >= 15 is 0 Å². The molecule has 1 aliphatic carbocycles. The van der Waals surface area contributed by atoms with Crippen molar-refractivity contribution in [2.75, 3.05) is 18.0 Å². The zero-order valence-corrected chi connectivity index (χ0v) is 13.0. The molecule has 5 nitrogen and oxygen atoms in total. The van der Waals surface area contributed by atoms with E-state index < -0.39 is 5.97 Å². The highest BCUT2D eigenvalue weighted by molar-refractivity contribution is 5.80. The molecule has 0 saturated heterocycles. The van der Waals surface area contributed by atoms with E-state index in [1.165, 1.54) is 6.42 Å². The predicted octanol–water partition coefficient (Wildman–Crippen LogP) is 2.76. The average molecular weight is 305 g/mol. The SMILES string of the molecule is Cc1cccc(N(CC(=O)O)CC(=O)OC2CCCCC2)c1. The molecule has 1 saturated carbocycles. The van der Waals surface area contributed by atoms with E-state index in [0.717, 1.165) is 36.9 Å². The Balaban J connectivity index is 1.99. The third kappa shape index (κ3) is 5.06. The largest absolute Gasteiger partial charge is 0.480 e. The zero-order valence-electron chi connectivity index (χ0n) is 13.0. The van der Waals surface area contributed by atoms with Crippen LogP contribution in [0.5, 0.6) is 0 Å². The van der Waals surface area contributed by atoms with Gasteiger partial charge in [0.05, 0.1) is 0 Å². The van der Waals surface area contributed by atoms with Crippen LogP contribution in [-0.2, 0) is 14.3 Å². The minimum Gasteiger partial charge on any atom is -0.480 e. The van der Waals surface area contributed by atoms with E-state index in [1.54, 1.807) is 4.90 Å². The number of carbonyl (C=O) groups is 2. The number of carboxylic acids is 1. The highest BCUT2D eigenvalue weighted by Crippen LogP contribution is 2.21. The summed E-state index contributed by atoms with van der Waals surface area (Å²) in [6, 6.07) is 7.47. The van der Waals surface area contributed by atoms with Gasteiger partial charge in [-0.15, -0.1) is 0 Å². The Morgan fingerprint density at radius 2 is 1.95 bits per heavy atom. The second-order valence-electron chi connectivity index (χ2n) is 5.84. The summed E-state index contributed by atoms with van der Waals surface area (Å²) in [5.74, 6) is -1.32. The van der Waals surface area contributed by atoms with Crippen LogP contribution >= 0.6 is 0 Å². The summed E-state index contributed by atoms with van der Waals surface area (Å²) < 4.78 is 5.48. The number of ether oxygens (including phenoxy) is 1. The standard InChI is InChI=1S/C17H23NO4/c1-13-6-5-7-14(10-13)18(11-16(19)20)12-17(21)22-15-8-3-2-4-9-15/h5-7,10,15H,2-4,8-9,11-12H2,1H3,(H,19,20). The first-order chi connectivity index (χ1) is 10.5. The van der Waals surface area contributed by atoms with E-state index in [2.05, 4.69) is 0 Å². The first-order valence-electron chi connectivity index (χ1n) is 7.77. The highest BCUT2D eigenvalue weighted by Gasteiger charge is 2.21. The van der Waals surface area contributed by atoms with Crippen molar-refractivity contribution in [3.63, 3.8) is 0 Å². The van der Waals surface area contributed by atoms with Crippen LogP contribution in [0.25, 0.3) is 0 Å². The van der Waals surface area contributed by atoms with Gasteiger partial charge < -0.3 is 14.7 Å². The molecule has 120 valence electrons. The number of hydrogen-bond acceptors (Lipinski definition) is 4. The van der Waals surface area contributed by atoms with Gasteiger partial charge in [-0.1, -0.05) is 18.6 Å². The molecule has 1 aromatic carbocycles. The van der Waals surface area contributed by atoms with Crippen molar-refractivity contribution in [3.8, 4) is 0 Å². The molecule has 0 aliphatic heterocycles. The Morgan fingerprint density at radius 3 is 2.59 bits per heavy atom. The van der Waals surface area contributed by atoms with Gasteiger partial charge in [-0.25, -0.2) is 0 Å². The molecule has 0 heterocycles. The molecular formula is C17H23NO4. The Bertz CT molecular complexity index is 523. The van der Waals surface area contributed by atoms with E-state index in [1.807, 2.05) is 31.2 Å². The normalized spacial score (nSPS) is 15.3. The molecule has 0 unspecified atom stereocenters. The van der Waals surface area contributed by atoms with E-state index in [0.29, 0.717) is 0 Å². The van der Waals surface area contributed by atoms with Gasteiger partial charge in [0, 0.05) is 5.69 Å². The molecule has 22 heavy (non-hydrogen) atoms. The van der Waals surface area contributed by atoms with Gasteiger partial charge in [-0.2, -0.15) is 0 Å². The molecule has 1 aromatic rings. The zero-order chi connectivity index (χ0) is 15.9. The van der Waals surface area contributed by atoms with E-state index in [-0.39, 0.29) is 25.2 Å². The summed E-state index contributed by atoms with van der Waals surface area (Å²) in [7, 11) is 0. The molecule has 0 spiro atoms. The lowest BCUT2D eigenvalue weighted by Gasteiger charge is -2.25. The maximum atomic E-state index is 12.1. The van der Waals surface area contributed by atoms with Gasteiger partial charge in [0.1, 0.15) is 19.2 Å². The quantitative estimate of drug-likeness (QED) is 0.819. The van der Waals surface area contributed by atoms with Crippen LogP contribution in [0.1, 0.15) is 37.7 Å². The summed E-state index contributed by atoms with van der Waals surface area (Å²) >= 11 is 0. The van der Waals surface area contributed by atoms with Crippen molar-refractivity contribution in [2.24, 2.45) is 0 Å². The number of rotatable bonds is 6. The van der Waals surface area contributed by atoms with Crippen LogP contribution in [0.4, 0.5) is 5.69 Å². The van der Waals surface area contributed by atoms with Crippen molar-refractivity contribution >= 4 is 17.6 Å². The number of carboxylic acid groups (broad SMARTS) is 1. The van der Waals surface area contributed by atoms with Crippen molar-refractivity contribution in [2.45, 2.75) is 45.1 Å². The van der Waals surface area contributed by atoms with Crippen LogP contribution in [0.2, 0.25) is 0 Å². The van der Waals surface area contributed by atoms with Crippen LogP contribution in [0.15, 0.2) is 24.3 Å². The second-order valence-corrected chi connectivity index (χ2v) is 5.84. The highest BCUT2D eigenvalue weighted by atomic mass is 16.5. The molecule has 0 atom stereocenters. The molecule has 0 amide bonds. The van der Waals surface area contributed by atoms with E-state index in [9.17, 15) is 9.59 Å². The second kappa shape index (κ2) is 7.82. The molecule has 0 aromatic heterocycles. The first kappa shape index (κ1) is 16.3. The number of carbonyl (C=O) groups excluding carboxylic acids is 1. The lowest BCUT2D eigenvalue weighted by atomic mass is 9.98. The molecule has 2 rings (SSSR count). The van der Waals surface area contributed by atoms with Gasteiger partial charge >= 0.3 is 11.9 Å². The summed E-state index contributed by atoms with van der Waals surface area (Å²) in [4.78, 5) is 24.7. The Labute approximate surface area is 130 Å². The van der Waals surface area contributed by atoms with Crippen molar-refractivity contribution in [3.05, 3.63) is 29.8 Å². The fourth-order valence-corrected chi connectivity index (χ4v) is 2.79. The Kier molecular flexibility index (Phi) is 5.81. The van der Waals surface area contributed by atoms with Gasteiger partial charge in [0.25, 0.3) is 0 Å². The van der Waals surface area contributed by atoms with Gasteiger partial charge in [-0.3, -0.25) is 9.59 Å². The number of esters is 1. The topological polar surface area (TPSA) is 66.8 Å². The molecule has 0 bridgehead atoms. The van der Waals surface area contributed by atoms with Crippen LogP contribution in [-0.4, -0.2) is 36.2 Å². The predicted molar refractivity (Wildman–Crippen MR) is 84.0 cm³/mol. The molecular weight excluding hydrogens is 282 g/mol. The lowest BCUT2D eigenvalue weighted by molar-refractivity contribution is -0.148. The molecule has 1 fully saturated rings. The number of nitrogens with zero attached hydrogens (tertiary/aromatic N) is 1. The average Bonchev–Trinajstić information content (AvgIpc) is 2.47. The van der Waals surface area contributed by atoms with Gasteiger partial charge in [0.2, 0.25) is 0 Å². The number of benzene rings is 1. The third-order valence-corrected chi connectivity index (χ3v) is 3.86. The third-order valence-electron chi connectivity index (χ3n) is 3.86. The molecule has 0 radical (unpaired) electrons. The number of anilines is 1. The summed E-state index contributed by atoms with van der Waals surface area (Å²) in [5.41, 5.74) is 1.75. The number of aryl methyl sites for hydroxylation is 1. The van der Waals surface area contributed by atoms with Crippen LogP contribution in [0.3, 0.4) is 0 Å². The minimum atomic E-state index is -0.966. The fraction of sp³-hybridized carbons (Fsp3) is 0.529. The molecule has 1 N–H and O–H groups in total. The maximum Gasteiger partial charge on any atom is 0.325 e. The Morgan fingerprint density at radius 1 is 1.23 bits per heavy atom.